The average molecular weight is 368 g/mol. The molecule has 1 saturated heterocycles. The lowest BCUT2D eigenvalue weighted by atomic mass is 10.1. The third-order valence-electron chi connectivity index (χ3n) is 4.78. The number of piperazine rings is 1. The summed E-state index contributed by atoms with van der Waals surface area (Å²) in [6, 6.07) is 7.23. The number of amides is 2. The summed E-state index contributed by atoms with van der Waals surface area (Å²) in [4.78, 5) is 28.4. The maximum absolute atomic E-state index is 12.5. The van der Waals surface area contributed by atoms with Crippen molar-refractivity contribution in [3.05, 3.63) is 53.5 Å². The lowest BCUT2D eigenvalue weighted by molar-refractivity contribution is -0.127. The molecule has 3 heterocycles. The molecule has 0 bridgehead atoms. The van der Waals surface area contributed by atoms with Crippen molar-refractivity contribution in [2.24, 2.45) is 0 Å². The van der Waals surface area contributed by atoms with Gasteiger partial charge < -0.3 is 23.7 Å². The number of benzene rings is 1. The number of carbonyl (C=O) groups excluding carboxylic acids is 2. The van der Waals surface area contributed by atoms with Gasteiger partial charge in [0.2, 0.25) is 12.7 Å². The quantitative estimate of drug-likeness (QED) is 0.778. The molecule has 0 radical (unpaired) electrons. The standard InChI is InChI=1S/C20H20N2O5/c1-14-16(6-11-25-14)20(24)22-9-7-21(8-10-22)19(23)5-3-15-2-4-17-18(12-15)27-13-26-17/h2-6,11-12H,7-10,13H2,1H3/b5-3-. The lowest BCUT2D eigenvalue weighted by Gasteiger charge is -2.34. The highest BCUT2D eigenvalue weighted by molar-refractivity contribution is 5.95. The first-order valence-electron chi connectivity index (χ1n) is 8.82. The summed E-state index contributed by atoms with van der Waals surface area (Å²) in [5, 5.41) is 0. The molecule has 0 aliphatic carbocycles. The van der Waals surface area contributed by atoms with Gasteiger partial charge >= 0.3 is 0 Å². The lowest BCUT2D eigenvalue weighted by Crippen LogP contribution is -2.50. The molecule has 7 nitrogen and oxygen atoms in total. The molecular weight excluding hydrogens is 348 g/mol. The number of nitrogens with zero attached hydrogens (tertiary/aromatic N) is 2. The third kappa shape index (κ3) is 3.53. The Morgan fingerprint density at radius 1 is 1.00 bits per heavy atom. The maximum atomic E-state index is 12.5. The van der Waals surface area contributed by atoms with E-state index in [-0.39, 0.29) is 18.6 Å². The van der Waals surface area contributed by atoms with E-state index in [1.54, 1.807) is 34.9 Å². The summed E-state index contributed by atoms with van der Waals surface area (Å²) in [7, 11) is 0. The SMILES string of the molecule is Cc1occc1C(=O)N1CCN(C(=O)/C=C\c2ccc3c(c2)OCO3)CC1. The fourth-order valence-corrected chi connectivity index (χ4v) is 3.20. The highest BCUT2D eigenvalue weighted by atomic mass is 16.7. The number of carbonyl (C=O) groups is 2. The Morgan fingerprint density at radius 2 is 1.74 bits per heavy atom. The maximum Gasteiger partial charge on any atom is 0.257 e. The van der Waals surface area contributed by atoms with Gasteiger partial charge in [-0.2, -0.15) is 0 Å². The van der Waals surface area contributed by atoms with E-state index in [0.717, 1.165) is 5.56 Å². The molecule has 2 aliphatic rings. The van der Waals surface area contributed by atoms with Crippen molar-refractivity contribution in [2.75, 3.05) is 33.0 Å². The molecule has 1 aromatic heterocycles. The van der Waals surface area contributed by atoms with Crippen LogP contribution in [0.1, 0.15) is 21.7 Å². The first-order valence-corrected chi connectivity index (χ1v) is 8.82. The molecule has 0 unspecified atom stereocenters. The molecule has 140 valence electrons. The highest BCUT2D eigenvalue weighted by Gasteiger charge is 2.25. The van der Waals surface area contributed by atoms with E-state index in [1.165, 1.54) is 6.26 Å². The number of aryl methyl sites for hydroxylation is 1. The van der Waals surface area contributed by atoms with Gasteiger partial charge in [-0.1, -0.05) is 6.07 Å². The van der Waals surface area contributed by atoms with Gasteiger partial charge in [0.25, 0.3) is 5.91 Å². The summed E-state index contributed by atoms with van der Waals surface area (Å²) in [5.74, 6) is 1.90. The van der Waals surface area contributed by atoms with E-state index < -0.39 is 0 Å². The Labute approximate surface area is 156 Å². The van der Waals surface area contributed by atoms with Gasteiger partial charge in [-0.15, -0.1) is 0 Å². The van der Waals surface area contributed by atoms with Crippen LogP contribution >= 0.6 is 0 Å². The van der Waals surface area contributed by atoms with Crippen LogP contribution < -0.4 is 9.47 Å². The van der Waals surface area contributed by atoms with Crippen molar-refractivity contribution in [1.82, 2.24) is 9.80 Å². The molecule has 2 aliphatic heterocycles. The van der Waals surface area contributed by atoms with Crippen LogP contribution in [0.15, 0.2) is 41.0 Å². The van der Waals surface area contributed by atoms with E-state index in [0.29, 0.717) is 49.0 Å². The van der Waals surface area contributed by atoms with Crippen LogP contribution in [0.25, 0.3) is 6.08 Å². The van der Waals surface area contributed by atoms with Crippen LogP contribution in [0.3, 0.4) is 0 Å². The van der Waals surface area contributed by atoms with E-state index in [2.05, 4.69) is 0 Å². The predicted molar refractivity (Wildman–Crippen MR) is 97.5 cm³/mol. The smallest absolute Gasteiger partial charge is 0.257 e. The highest BCUT2D eigenvalue weighted by Crippen LogP contribution is 2.32. The van der Waals surface area contributed by atoms with E-state index in [1.807, 2.05) is 18.2 Å². The van der Waals surface area contributed by atoms with Crippen LogP contribution in [-0.4, -0.2) is 54.6 Å². The minimum Gasteiger partial charge on any atom is -0.469 e. The molecule has 27 heavy (non-hydrogen) atoms. The summed E-state index contributed by atoms with van der Waals surface area (Å²) < 4.78 is 15.8. The van der Waals surface area contributed by atoms with Crippen molar-refractivity contribution in [1.29, 1.82) is 0 Å². The fourth-order valence-electron chi connectivity index (χ4n) is 3.20. The van der Waals surface area contributed by atoms with Crippen LogP contribution in [0.4, 0.5) is 0 Å². The molecule has 0 saturated carbocycles. The molecule has 4 rings (SSSR count). The summed E-state index contributed by atoms with van der Waals surface area (Å²) >= 11 is 0. The predicted octanol–water partition coefficient (Wildman–Crippen LogP) is 2.31. The second-order valence-electron chi connectivity index (χ2n) is 6.45. The number of rotatable bonds is 3. The first-order chi connectivity index (χ1) is 13.1. The van der Waals surface area contributed by atoms with Gasteiger partial charge in [0.15, 0.2) is 11.5 Å². The number of fused-ring (bicyclic) bond motifs is 1. The van der Waals surface area contributed by atoms with Crippen molar-refractivity contribution in [3.63, 3.8) is 0 Å². The Kier molecular flexibility index (Phi) is 4.58. The third-order valence-corrected chi connectivity index (χ3v) is 4.78. The van der Waals surface area contributed by atoms with E-state index in [4.69, 9.17) is 13.9 Å². The fraction of sp³-hybridized carbons (Fsp3) is 0.300. The molecular formula is C20H20N2O5. The molecule has 7 heteroatoms. The molecule has 1 aromatic carbocycles. The summed E-state index contributed by atoms with van der Waals surface area (Å²) in [5.41, 5.74) is 1.45. The second kappa shape index (κ2) is 7.19. The normalized spacial score (nSPS) is 16.2. The first kappa shape index (κ1) is 17.2. The van der Waals surface area contributed by atoms with Crippen LogP contribution in [0.5, 0.6) is 11.5 Å². The van der Waals surface area contributed by atoms with Crippen LogP contribution in [0, 0.1) is 6.92 Å². The van der Waals surface area contributed by atoms with Gasteiger partial charge in [0.1, 0.15) is 5.76 Å². The Morgan fingerprint density at radius 3 is 2.48 bits per heavy atom. The number of furan rings is 1. The molecule has 2 aromatic rings. The minimum absolute atomic E-state index is 0.0516. The largest absolute Gasteiger partial charge is 0.469 e. The van der Waals surface area contributed by atoms with E-state index in [9.17, 15) is 9.59 Å². The van der Waals surface area contributed by atoms with Gasteiger partial charge in [0, 0.05) is 32.3 Å². The molecule has 1 fully saturated rings. The number of ether oxygens (including phenoxy) is 2. The van der Waals surface area contributed by atoms with Crippen LogP contribution in [-0.2, 0) is 4.79 Å². The zero-order valence-corrected chi connectivity index (χ0v) is 15.0. The van der Waals surface area contributed by atoms with Crippen molar-refractivity contribution in [3.8, 4) is 11.5 Å². The van der Waals surface area contributed by atoms with Crippen molar-refractivity contribution >= 4 is 17.9 Å². The molecule has 0 atom stereocenters. The summed E-state index contributed by atoms with van der Waals surface area (Å²) in [6.07, 6.45) is 4.83. The Balaban J connectivity index is 1.33. The van der Waals surface area contributed by atoms with Crippen LogP contribution in [0.2, 0.25) is 0 Å². The summed E-state index contributed by atoms with van der Waals surface area (Å²) in [6.45, 7) is 4.02. The minimum atomic E-state index is -0.0701. The molecule has 0 spiro atoms. The topological polar surface area (TPSA) is 72.2 Å². The van der Waals surface area contributed by atoms with E-state index >= 15 is 0 Å². The second-order valence-corrected chi connectivity index (χ2v) is 6.45. The van der Waals surface area contributed by atoms with Gasteiger partial charge in [-0.3, -0.25) is 9.59 Å². The van der Waals surface area contributed by atoms with Gasteiger partial charge in [-0.05, 0) is 36.8 Å². The zero-order chi connectivity index (χ0) is 18.8. The zero-order valence-electron chi connectivity index (χ0n) is 15.0. The Hall–Kier alpha value is -3.22. The van der Waals surface area contributed by atoms with Gasteiger partial charge in [-0.25, -0.2) is 0 Å². The average Bonchev–Trinajstić information content (AvgIpc) is 3.33. The van der Waals surface area contributed by atoms with Crippen molar-refractivity contribution < 1.29 is 23.5 Å². The molecule has 2 amide bonds. The number of hydrogen-bond acceptors (Lipinski definition) is 5. The molecule has 0 N–H and O–H groups in total. The monoisotopic (exact) mass is 368 g/mol. The van der Waals surface area contributed by atoms with Gasteiger partial charge in [0.05, 0.1) is 11.8 Å². The Bertz CT molecular complexity index is 894. The van der Waals surface area contributed by atoms with Crippen molar-refractivity contribution in [2.45, 2.75) is 6.92 Å². The number of hydrogen-bond donors (Lipinski definition) is 0.